The molecule has 0 aromatic carbocycles. The standard InChI is InChI=1S/C90H177NO5/c1-3-5-7-9-11-13-15-17-19-21-23-24-25-41-44-47-50-54-58-62-66-70-74-78-82-88(93)87(86-92)91-89(94)83-79-75-71-67-63-59-55-51-48-45-42-39-37-35-33-31-29-27-26-28-30-32-34-36-38-40-43-46-49-53-57-61-65-69-73-77-81-85-96-90(95)84-80-76-72-68-64-60-56-52-22-20-18-16-14-12-10-8-6-4-2/h26,28,87-88,92-93H,3-25,27,29-86H2,1-2H3,(H,91,94)/b28-26-. The summed E-state index contributed by atoms with van der Waals surface area (Å²) < 4.78 is 5.52. The van der Waals surface area contributed by atoms with Gasteiger partial charge < -0.3 is 20.3 Å². The van der Waals surface area contributed by atoms with Crippen LogP contribution < -0.4 is 5.32 Å². The van der Waals surface area contributed by atoms with Gasteiger partial charge in [0.05, 0.1) is 25.4 Å². The van der Waals surface area contributed by atoms with E-state index in [1.807, 2.05) is 0 Å². The van der Waals surface area contributed by atoms with Gasteiger partial charge in [0, 0.05) is 12.8 Å². The SMILES string of the molecule is CCCCCCCCCCCCCCCCCCCCCCCCCCC(O)C(CO)NC(=O)CCCCCCCCCCCCCCCCCCC/C=C\CCCCCCCCCCCCCCCCCCOC(=O)CCCCCCCCCCCCCCCCCCCC. The van der Waals surface area contributed by atoms with Gasteiger partial charge in [0.1, 0.15) is 0 Å². The average Bonchev–Trinajstić information content (AvgIpc) is 3.00. The Morgan fingerprint density at radius 3 is 0.740 bits per heavy atom. The summed E-state index contributed by atoms with van der Waals surface area (Å²) in [5.41, 5.74) is 0. The Hall–Kier alpha value is -1.40. The minimum Gasteiger partial charge on any atom is -0.466 e. The molecule has 0 saturated heterocycles. The predicted octanol–water partition coefficient (Wildman–Crippen LogP) is 30.2. The number of hydrogen-bond acceptors (Lipinski definition) is 5. The Balaban J connectivity index is 3.32. The van der Waals surface area contributed by atoms with Gasteiger partial charge in [-0.2, -0.15) is 0 Å². The van der Waals surface area contributed by atoms with E-state index in [1.54, 1.807) is 0 Å². The van der Waals surface area contributed by atoms with Crippen LogP contribution in [0.1, 0.15) is 528 Å². The number of aliphatic hydroxyl groups excluding tert-OH is 2. The van der Waals surface area contributed by atoms with Crippen LogP contribution in [0.2, 0.25) is 0 Å². The van der Waals surface area contributed by atoms with Crippen molar-refractivity contribution < 1.29 is 24.5 Å². The summed E-state index contributed by atoms with van der Waals surface area (Å²) in [5.74, 6) is 0.00331. The molecule has 0 aliphatic rings. The summed E-state index contributed by atoms with van der Waals surface area (Å²) >= 11 is 0. The van der Waals surface area contributed by atoms with Crippen molar-refractivity contribution in [3.63, 3.8) is 0 Å². The molecular formula is C90H177NO5. The number of amides is 1. The summed E-state index contributed by atoms with van der Waals surface area (Å²) in [6.07, 6.45) is 111. The molecule has 2 unspecified atom stereocenters. The molecule has 0 spiro atoms. The summed E-state index contributed by atoms with van der Waals surface area (Å²) in [6, 6.07) is -0.539. The topological polar surface area (TPSA) is 95.9 Å². The molecule has 0 aromatic heterocycles. The van der Waals surface area contributed by atoms with Crippen LogP contribution in [0.25, 0.3) is 0 Å². The number of hydrogen-bond donors (Lipinski definition) is 3. The molecule has 2 atom stereocenters. The fourth-order valence-electron chi connectivity index (χ4n) is 14.8. The molecule has 0 aliphatic carbocycles. The van der Waals surface area contributed by atoms with Gasteiger partial charge in [-0.25, -0.2) is 0 Å². The fourth-order valence-corrected chi connectivity index (χ4v) is 14.8. The zero-order chi connectivity index (χ0) is 69.1. The Labute approximate surface area is 603 Å². The van der Waals surface area contributed by atoms with Gasteiger partial charge in [-0.1, -0.05) is 475 Å². The van der Waals surface area contributed by atoms with E-state index >= 15 is 0 Å². The third-order valence-electron chi connectivity index (χ3n) is 21.6. The van der Waals surface area contributed by atoms with Crippen LogP contribution >= 0.6 is 0 Å². The minimum absolute atomic E-state index is 0.0242. The summed E-state index contributed by atoms with van der Waals surface area (Å²) in [4.78, 5) is 24.7. The van der Waals surface area contributed by atoms with Gasteiger partial charge in [-0.05, 0) is 51.4 Å². The van der Waals surface area contributed by atoms with Crippen LogP contribution in [-0.4, -0.2) is 47.4 Å². The number of allylic oxidation sites excluding steroid dienone is 2. The van der Waals surface area contributed by atoms with E-state index in [1.165, 1.54) is 456 Å². The molecule has 96 heavy (non-hydrogen) atoms. The largest absolute Gasteiger partial charge is 0.466 e. The molecular weight excluding hydrogens is 1170 g/mol. The van der Waals surface area contributed by atoms with Gasteiger partial charge in [0.15, 0.2) is 0 Å². The summed E-state index contributed by atoms with van der Waals surface area (Å²) in [7, 11) is 0. The van der Waals surface area contributed by atoms with Gasteiger partial charge >= 0.3 is 5.97 Å². The lowest BCUT2D eigenvalue weighted by Crippen LogP contribution is -2.45. The zero-order valence-electron chi connectivity index (χ0n) is 65.9. The van der Waals surface area contributed by atoms with E-state index in [4.69, 9.17) is 4.74 Å². The number of carbonyl (C=O) groups is 2. The first-order valence-corrected chi connectivity index (χ1v) is 44.9. The molecule has 0 rings (SSSR count). The molecule has 0 heterocycles. The highest BCUT2D eigenvalue weighted by molar-refractivity contribution is 5.76. The second-order valence-electron chi connectivity index (χ2n) is 31.3. The van der Waals surface area contributed by atoms with E-state index in [2.05, 4.69) is 31.3 Å². The van der Waals surface area contributed by atoms with Gasteiger partial charge in [-0.3, -0.25) is 9.59 Å². The van der Waals surface area contributed by atoms with Gasteiger partial charge in [0.25, 0.3) is 0 Å². The lowest BCUT2D eigenvalue weighted by molar-refractivity contribution is -0.143. The van der Waals surface area contributed by atoms with Crippen LogP contribution in [0.15, 0.2) is 12.2 Å². The molecule has 0 saturated carbocycles. The maximum Gasteiger partial charge on any atom is 0.305 e. The maximum absolute atomic E-state index is 12.6. The Morgan fingerprint density at radius 2 is 0.490 bits per heavy atom. The normalized spacial score (nSPS) is 12.4. The van der Waals surface area contributed by atoms with E-state index in [0.717, 1.165) is 38.5 Å². The van der Waals surface area contributed by atoms with Gasteiger partial charge in [-0.15, -0.1) is 0 Å². The fraction of sp³-hybridized carbons (Fsp3) is 0.956. The molecule has 6 nitrogen and oxygen atoms in total. The van der Waals surface area contributed by atoms with Crippen molar-refractivity contribution in [3.8, 4) is 0 Å². The van der Waals surface area contributed by atoms with Crippen molar-refractivity contribution in [2.45, 2.75) is 540 Å². The van der Waals surface area contributed by atoms with Gasteiger partial charge in [0.2, 0.25) is 5.91 Å². The van der Waals surface area contributed by atoms with Crippen LogP contribution in [0.5, 0.6) is 0 Å². The summed E-state index contributed by atoms with van der Waals surface area (Å²) in [6.45, 7) is 5.03. The smallest absolute Gasteiger partial charge is 0.305 e. The molecule has 572 valence electrons. The summed E-state index contributed by atoms with van der Waals surface area (Å²) in [5, 5.41) is 23.5. The van der Waals surface area contributed by atoms with Crippen LogP contribution in [-0.2, 0) is 14.3 Å². The highest BCUT2D eigenvalue weighted by Gasteiger charge is 2.20. The number of aliphatic hydroxyl groups is 2. The molecule has 1 amide bonds. The first kappa shape index (κ1) is 94.6. The Bertz CT molecular complexity index is 1470. The van der Waals surface area contributed by atoms with Crippen LogP contribution in [0, 0.1) is 0 Å². The second kappa shape index (κ2) is 86.0. The first-order chi connectivity index (χ1) is 47.5. The van der Waals surface area contributed by atoms with Crippen molar-refractivity contribution in [3.05, 3.63) is 12.2 Å². The van der Waals surface area contributed by atoms with Crippen molar-refractivity contribution in [2.24, 2.45) is 0 Å². The molecule has 6 heteroatoms. The maximum atomic E-state index is 12.6. The molecule has 0 aliphatic heterocycles. The van der Waals surface area contributed by atoms with Crippen molar-refractivity contribution in [1.82, 2.24) is 5.32 Å². The monoisotopic (exact) mass is 1350 g/mol. The third-order valence-corrected chi connectivity index (χ3v) is 21.6. The highest BCUT2D eigenvalue weighted by Crippen LogP contribution is 2.21. The van der Waals surface area contributed by atoms with Crippen molar-refractivity contribution in [1.29, 1.82) is 0 Å². The number of nitrogens with one attached hydrogen (secondary N) is 1. The number of rotatable bonds is 86. The predicted molar refractivity (Wildman–Crippen MR) is 426 cm³/mol. The van der Waals surface area contributed by atoms with Crippen molar-refractivity contribution in [2.75, 3.05) is 13.2 Å². The van der Waals surface area contributed by atoms with Crippen LogP contribution in [0.3, 0.4) is 0 Å². The quantitative estimate of drug-likeness (QED) is 0.0320. The van der Waals surface area contributed by atoms with E-state index < -0.39 is 12.1 Å². The van der Waals surface area contributed by atoms with E-state index in [-0.39, 0.29) is 18.5 Å². The first-order valence-electron chi connectivity index (χ1n) is 44.9. The molecule has 0 fully saturated rings. The number of esters is 1. The van der Waals surface area contributed by atoms with Crippen molar-refractivity contribution >= 4 is 11.9 Å². The third kappa shape index (κ3) is 81.6. The number of ether oxygens (including phenoxy) is 1. The Morgan fingerprint density at radius 1 is 0.281 bits per heavy atom. The second-order valence-corrected chi connectivity index (χ2v) is 31.3. The lowest BCUT2D eigenvalue weighted by Gasteiger charge is -2.22. The van der Waals surface area contributed by atoms with Crippen LogP contribution in [0.4, 0.5) is 0 Å². The zero-order valence-corrected chi connectivity index (χ0v) is 65.9. The highest BCUT2D eigenvalue weighted by atomic mass is 16.5. The van der Waals surface area contributed by atoms with E-state index in [9.17, 15) is 19.8 Å². The molecule has 0 bridgehead atoms. The Kier molecular flexibility index (Phi) is 84.8. The van der Waals surface area contributed by atoms with E-state index in [0.29, 0.717) is 25.9 Å². The molecule has 3 N–H and O–H groups in total. The minimum atomic E-state index is -0.663. The molecule has 0 aromatic rings. The molecule has 0 radical (unpaired) electrons. The lowest BCUT2D eigenvalue weighted by atomic mass is 10.0. The number of unbranched alkanes of at least 4 members (excludes halogenated alkanes) is 73. The average molecular weight is 1350 g/mol. The number of carbonyl (C=O) groups excluding carboxylic acids is 2.